The number of nitrogens with one attached hydrogen (secondary N) is 1. The lowest BCUT2D eigenvalue weighted by Gasteiger charge is -2.29. The van der Waals surface area contributed by atoms with E-state index < -0.39 is 29.1 Å². The van der Waals surface area contributed by atoms with Gasteiger partial charge >= 0.3 is 5.97 Å². The van der Waals surface area contributed by atoms with Crippen LogP contribution in [-0.2, 0) is 20.8 Å². The smallest absolute Gasteiger partial charge is 0.326 e. The highest BCUT2D eigenvalue weighted by Gasteiger charge is 2.41. The Bertz CT molecular complexity index is 1240. The van der Waals surface area contributed by atoms with Gasteiger partial charge in [0.05, 0.1) is 17.8 Å². The number of thioether (sulfide) groups is 1. The van der Waals surface area contributed by atoms with Gasteiger partial charge in [0.15, 0.2) is 0 Å². The Morgan fingerprint density at radius 2 is 1.46 bits per heavy atom. The Hall–Kier alpha value is -3.91. The number of amides is 2. The average molecular weight is 517 g/mol. The predicted molar refractivity (Wildman–Crippen MR) is 142 cm³/mol. The topological polar surface area (TPSA) is 104 Å². The second-order valence-corrected chi connectivity index (χ2v) is 10.0. The molecule has 0 aromatic heterocycles. The van der Waals surface area contributed by atoms with E-state index in [4.69, 9.17) is 0 Å². The first-order chi connectivity index (χ1) is 17.9. The molecule has 2 unspecified atom stereocenters. The number of likely N-dealkylation sites (tertiary alicyclic amines) is 1. The quantitative estimate of drug-likeness (QED) is 0.444. The molecule has 4 rings (SSSR count). The SMILES string of the molecule is O=C(SC(Cc1ccccc1)C(=O)NCC(=O)N1C(c2ccccc2)CC[C@H]1C(=O)O)c1ccccc1. The van der Waals surface area contributed by atoms with E-state index in [-0.39, 0.29) is 17.7 Å². The summed E-state index contributed by atoms with van der Waals surface area (Å²) in [5, 5.41) is 11.4. The van der Waals surface area contributed by atoms with Crippen LogP contribution in [0.25, 0.3) is 0 Å². The summed E-state index contributed by atoms with van der Waals surface area (Å²) in [5.41, 5.74) is 2.23. The van der Waals surface area contributed by atoms with Crippen molar-refractivity contribution in [1.29, 1.82) is 0 Å². The second kappa shape index (κ2) is 12.4. The maximum absolute atomic E-state index is 13.2. The fraction of sp³-hybridized carbons (Fsp3) is 0.241. The zero-order valence-electron chi connectivity index (χ0n) is 20.2. The van der Waals surface area contributed by atoms with Crippen LogP contribution in [0.1, 0.15) is 40.4 Å². The van der Waals surface area contributed by atoms with E-state index in [1.54, 1.807) is 24.3 Å². The van der Waals surface area contributed by atoms with Crippen LogP contribution < -0.4 is 5.32 Å². The number of carbonyl (C=O) groups is 4. The van der Waals surface area contributed by atoms with Gasteiger partial charge in [-0.15, -0.1) is 0 Å². The van der Waals surface area contributed by atoms with E-state index in [1.165, 1.54) is 4.90 Å². The largest absolute Gasteiger partial charge is 0.480 e. The van der Waals surface area contributed by atoms with E-state index in [9.17, 15) is 24.3 Å². The molecule has 3 aromatic rings. The molecular weight excluding hydrogens is 488 g/mol. The maximum atomic E-state index is 13.2. The van der Waals surface area contributed by atoms with Gasteiger partial charge in [-0.3, -0.25) is 14.4 Å². The molecule has 1 fully saturated rings. The summed E-state index contributed by atoms with van der Waals surface area (Å²) in [6.07, 6.45) is 1.17. The molecule has 1 aliphatic heterocycles. The van der Waals surface area contributed by atoms with Crippen molar-refractivity contribution in [2.24, 2.45) is 0 Å². The lowest BCUT2D eigenvalue weighted by Crippen LogP contribution is -2.47. The first kappa shape index (κ1) is 26.2. The van der Waals surface area contributed by atoms with Crippen LogP contribution in [0, 0.1) is 0 Å². The molecule has 190 valence electrons. The van der Waals surface area contributed by atoms with Gasteiger partial charge in [0.2, 0.25) is 16.9 Å². The van der Waals surface area contributed by atoms with E-state index in [0.29, 0.717) is 24.8 Å². The molecule has 8 heteroatoms. The van der Waals surface area contributed by atoms with Gasteiger partial charge in [-0.1, -0.05) is 103 Å². The van der Waals surface area contributed by atoms with Gasteiger partial charge in [-0.2, -0.15) is 0 Å². The Labute approximate surface area is 219 Å². The summed E-state index contributed by atoms with van der Waals surface area (Å²) < 4.78 is 0. The second-order valence-electron chi connectivity index (χ2n) is 8.83. The highest BCUT2D eigenvalue weighted by atomic mass is 32.2. The highest BCUT2D eigenvalue weighted by molar-refractivity contribution is 8.15. The monoisotopic (exact) mass is 516 g/mol. The van der Waals surface area contributed by atoms with Crippen molar-refractivity contribution in [2.45, 2.75) is 36.6 Å². The first-order valence-corrected chi connectivity index (χ1v) is 13.0. The number of aliphatic carboxylic acids is 1. The Morgan fingerprint density at radius 1 is 0.865 bits per heavy atom. The van der Waals surface area contributed by atoms with Gasteiger partial charge in [-0.05, 0) is 30.4 Å². The molecular formula is C29H28N2O5S. The number of hydrogen-bond donors (Lipinski definition) is 2. The zero-order chi connectivity index (χ0) is 26.2. The van der Waals surface area contributed by atoms with Gasteiger partial charge < -0.3 is 15.3 Å². The third-order valence-corrected chi connectivity index (χ3v) is 7.49. The average Bonchev–Trinajstić information content (AvgIpc) is 3.38. The van der Waals surface area contributed by atoms with Gasteiger partial charge in [0.25, 0.3) is 0 Å². The molecule has 37 heavy (non-hydrogen) atoms. The van der Waals surface area contributed by atoms with Crippen LogP contribution in [0.2, 0.25) is 0 Å². The molecule has 1 heterocycles. The number of carbonyl (C=O) groups excluding carboxylic acids is 3. The minimum atomic E-state index is -1.07. The van der Waals surface area contributed by atoms with E-state index in [0.717, 1.165) is 22.9 Å². The number of rotatable bonds is 9. The number of nitrogens with zero attached hydrogens (tertiary/aromatic N) is 1. The molecule has 0 aliphatic carbocycles. The molecule has 2 amide bonds. The summed E-state index contributed by atoms with van der Waals surface area (Å²) >= 11 is 0.918. The van der Waals surface area contributed by atoms with E-state index >= 15 is 0 Å². The third kappa shape index (κ3) is 6.65. The van der Waals surface area contributed by atoms with Crippen LogP contribution in [0.5, 0.6) is 0 Å². The highest BCUT2D eigenvalue weighted by Crippen LogP contribution is 2.36. The van der Waals surface area contributed by atoms with Crippen molar-refractivity contribution in [3.8, 4) is 0 Å². The first-order valence-electron chi connectivity index (χ1n) is 12.1. The van der Waals surface area contributed by atoms with Crippen LogP contribution in [-0.4, -0.2) is 50.7 Å². The van der Waals surface area contributed by atoms with Crippen molar-refractivity contribution in [3.63, 3.8) is 0 Å². The Balaban J connectivity index is 1.47. The zero-order valence-corrected chi connectivity index (χ0v) is 21.0. The van der Waals surface area contributed by atoms with Crippen molar-refractivity contribution in [2.75, 3.05) is 6.54 Å². The Morgan fingerprint density at radius 3 is 2.08 bits per heavy atom. The molecule has 1 aliphatic rings. The minimum Gasteiger partial charge on any atom is -0.480 e. The Kier molecular flexibility index (Phi) is 8.74. The van der Waals surface area contributed by atoms with Crippen LogP contribution >= 0.6 is 11.8 Å². The number of carboxylic acid groups (broad SMARTS) is 1. The molecule has 0 radical (unpaired) electrons. The van der Waals surface area contributed by atoms with Crippen molar-refractivity contribution in [3.05, 3.63) is 108 Å². The molecule has 0 bridgehead atoms. The summed E-state index contributed by atoms with van der Waals surface area (Å²) in [4.78, 5) is 52.6. The number of hydrogen-bond acceptors (Lipinski definition) is 5. The van der Waals surface area contributed by atoms with Crippen molar-refractivity contribution >= 4 is 34.7 Å². The lowest BCUT2D eigenvalue weighted by molar-refractivity contribution is -0.149. The van der Waals surface area contributed by atoms with Gasteiger partial charge in [-0.25, -0.2) is 4.79 Å². The van der Waals surface area contributed by atoms with Crippen molar-refractivity contribution < 1.29 is 24.3 Å². The van der Waals surface area contributed by atoms with Crippen molar-refractivity contribution in [1.82, 2.24) is 10.2 Å². The summed E-state index contributed by atoms with van der Waals surface area (Å²) in [6, 6.07) is 26.1. The molecule has 2 N–H and O–H groups in total. The van der Waals surface area contributed by atoms with Gasteiger partial charge in [0.1, 0.15) is 6.04 Å². The van der Waals surface area contributed by atoms with Crippen LogP contribution in [0.15, 0.2) is 91.0 Å². The van der Waals surface area contributed by atoms with Crippen LogP contribution in [0.4, 0.5) is 0 Å². The molecule has 1 saturated heterocycles. The normalized spacial score (nSPS) is 17.7. The van der Waals surface area contributed by atoms with E-state index in [1.807, 2.05) is 66.7 Å². The molecule has 0 spiro atoms. The van der Waals surface area contributed by atoms with Crippen LogP contribution in [0.3, 0.4) is 0 Å². The summed E-state index contributed by atoms with van der Waals surface area (Å²) in [5.74, 6) is -1.98. The molecule has 7 nitrogen and oxygen atoms in total. The molecule has 3 aromatic carbocycles. The fourth-order valence-corrected chi connectivity index (χ4v) is 5.56. The number of benzene rings is 3. The fourth-order valence-electron chi connectivity index (χ4n) is 4.56. The minimum absolute atomic E-state index is 0.238. The standard InChI is InChI=1S/C29H28N2O5S/c32-26(31-23(16-17-24(31)28(34)35)21-12-6-2-7-13-21)19-30-27(33)25(18-20-10-4-1-5-11-20)37-29(36)22-14-8-3-9-15-22/h1-15,23-25H,16-19H2,(H,30,33)(H,34,35)/t23?,24-,25?/m0/s1. The summed E-state index contributed by atoms with van der Waals surface area (Å²) in [6.45, 7) is -0.350. The molecule has 0 saturated carbocycles. The molecule has 3 atom stereocenters. The third-order valence-electron chi connectivity index (χ3n) is 6.37. The predicted octanol–water partition coefficient (Wildman–Crippen LogP) is 4.10. The maximum Gasteiger partial charge on any atom is 0.326 e. The lowest BCUT2D eigenvalue weighted by atomic mass is 10.0. The number of carboxylic acids is 1. The van der Waals surface area contributed by atoms with E-state index in [2.05, 4.69) is 5.32 Å². The summed E-state index contributed by atoms with van der Waals surface area (Å²) in [7, 11) is 0. The van der Waals surface area contributed by atoms with Gasteiger partial charge in [0, 0.05) is 5.56 Å².